The van der Waals surface area contributed by atoms with Crippen molar-refractivity contribution < 1.29 is 9.59 Å². The molecule has 114 valence electrons. The van der Waals surface area contributed by atoms with Gasteiger partial charge in [-0.2, -0.15) is 5.10 Å². The Balaban J connectivity index is 1.80. The molecule has 0 unspecified atom stereocenters. The van der Waals surface area contributed by atoms with Crippen molar-refractivity contribution in [2.24, 2.45) is 7.05 Å². The number of fused-ring (bicyclic) bond motifs is 1. The van der Waals surface area contributed by atoms with Gasteiger partial charge >= 0.3 is 0 Å². The van der Waals surface area contributed by atoms with Crippen molar-refractivity contribution in [3.05, 3.63) is 41.2 Å². The second-order valence-electron chi connectivity index (χ2n) is 5.47. The molecule has 2 N–H and O–H groups in total. The molecular formula is C16H18N4O2. The summed E-state index contributed by atoms with van der Waals surface area (Å²) in [4.78, 5) is 23.5. The Morgan fingerprint density at radius 1 is 1.18 bits per heavy atom. The molecule has 1 aromatic heterocycles. The SMILES string of the molecule is CC(=O)Nc1cccc(NC(=O)c2nn(C)c3c2CCC3)c1. The van der Waals surface area contributed by atoms with E-state index in [-0.39, 0.29) is 11.8 Å². The Hall–Kier alpha value is -2.63. The highest BCUT2D eigenvalue weighted by atomic mass is 16.2. The number of benzene rings is 1. The van der Waals surface area contributed by atoms with Crippen molar-refractivity contribution in [3.8, 4) is 0 Å². The van der Waals surface area contributed by atoms with E-state index in [0.717, 1.165) is 30.5 Å². The van der Waals surface area contributed by atoms with Crippen LogP contribution in [-0.4, -0.2) is 21.6 Å². The van der Waals surface area contributed by atoms with Gasteiger partial charge < -0.3 is 10.6 Å². The maximum absolute atomic E-state index is 12.4. The first-order chi connectivity index (χ1) is 10.5. The van der Waals surface area contributed by atoms with E-state index in [4.69, 9.17) is 0 Å². The van der Waals surface area contributed by atoms with Gasteiger partial charge in [-0.05, 0) is 37.5 Å². The Labute approximate surface area is 128 Å². The third-order valence-electron chi connectivity index (χ3n) is 3.77. The summed E-state index contributed by atoms with van der Waals surface area (Å²) in [6.45, 7) is 1.45. The molecule has 1 aliphatic rings. The smallest absolute Gasteiger partial charge is 0.276 e. The van der Waals surface area contributed by atoms with Crippen molar-refractivity contribution in [2.45, 2.75) is 26.2 Å². The molecule has 2 aromatic rings. The minimum atomic E-state index is -0.210. The average molecular weight is 298 g/mol. The molecule has 0 atom stereocenters. The van der Waals surface area contributed by atoms with E-state index in [1.165, 1.54) is 6.92 Å². The maximum atomic E-state index is 12.4. The summed E-state index contributed by atoms with van der Waals surface area (Å²) in [6, 6.07) is 7.06. The summed E-state index contributed by atoms with van der Waals surface area (Å²) in [6.07, 6.45) is 2.95. The maximum Gasteiger partial charge on any atom is 0.276 e. The second kappa shape index (κ2) is 5.63. The first kappa shape index (κ1) is 14.3. The molecule has 0 saturated heterocycles. The van der Waals surface area contributed by atoms with Gasteiger partial charge in [0.25, 0.3) is 5.91 Å². The summed E-state index contributed by atoms with van der Waals surface area (Å²) in [5.74, 6) is -0.357. The molecule has 0 radical (unpaired) electrons. The van der Waals surface area contributed by atoms with Gasteiger partial charge in [-0.15, -0.1) is 0 Å². The molecule has 0 aliphatic heterocycles. The van der Waals surface area contributed by atoms with Crippen LogP contribution in [0.2, 0.25) is 0 Å². The van der Waals surface area contributed by atoms with Gasteiger partial charge in [0.1, 0.15) is 0 Å². The van der Waals surface area contributed by atoms with E-state index in [1.807, 2.05) is 7.05 Å². The Kier molecular flexibility index (Phi) is 3.66. The van der Waals surface area contributed by atoms with Crippen molar-refractivity contribution >= 4 is 23.2 Å². The molecular weight excluding hydrogens is 280 g/mol. The lowest BCUT2D eigenvalue weighted by molar-refractivity contribution is -0.114. The topological polar surface area (TPSA) is 76.0 Å². The van der Waals surface area contributed by atoms with E-state index in [9.17, 15) is 9.59 Å². The van der Waals surface area contributed by atoms with E-state index >= 15 is 0 Å². The number of amides is 2. The summed E-state index contributed by atoms with van der Waals surface area (Å²) in [7, 11) is 1.87. The largest absolute Gasteiger partial charge is 0.326 e. The van der Waals surface area contributed by atoms with Crippen LogP contribution in [0.25, 0.3) is 0 Å². The fraction of sp³-hybridized carbons (Fsp3) is 0.312. The van der Waals surface area contributed by atoms with E-state index < -0.39 is 0 Å². The molecule has 0 bridgehead atoms. The first-order valence-electron chi connectivity index (χ1n) is 7.28. The van der Waals surface area contributed by atoms with E-state index in [1.54, 1.807) is 28.9 Å². The van der Waals surface area contributed by atoms with Crippen LogP contribution in [0.5, 0.6) is 0 Å². The monoisotopic (exact) mass is 298 g/mol. The Bertz CT molecular complexity index is 749. The number of carbonyl (C=O) groups excluding carboxylic acids is 2. The molecule has 6 nitrogen and oxygen atoms in total. The lowest BCUT2D eigenvalue weighted by Gasteiger charge is -2.07. The van der Waals surface area contributed by atoms with Gasteiger partial charge in [0.05, 0.1) is 0 Å². The number of aryl methyl sites for hydroxylation is 1. The summed E-state index contributed by atoms with van der Waals surface area (Å²) in [5, 5.41) is 9.88. The zero-order valence-electron chi connectivity index (χ0n) is 12.6. The van der Waals surface area contributed by atoms with Gasteiger partial charge in [0, 0.05) is 36.6 Å². The minimum absolute atomic E-state index is 0.147. The number of aromatic nitrogens is 2. The molecule has 1 heterocycles. The average Bonchev–Trinajstić information content (AvgIpc) is 3.03. The third kappa shape index (κ3) is 2.72. The lowest BCUT2D eigenvalue weighted by Crippen LogP contribution is -2.15. The van der Waals surface area contributed by atoms with Crippen LogP contribution in [0.3, 0.4) is 0 Å². The van der Waals surface area contributed by atoms with Crippen LogP contribution in [0.15, 0.2) is 24.3 Å². The predicted octanol–water partition coefficient (Wildman–Crippen LogP) is 2.12. The van der Waals surface area contributed by atoms with Crippen LogP contribution in [0, 0.1) is 0 Å². The van der Waals surface area contributed by atoms with Gasteiger partial charge in [0.15, 0.2) is 5.69 Å². The normalized spacial score (nSPS) is 12.8. The van der Waals surface area contributed by atoms with Gasteiger partial charge in [-0.25, -0.2) is 0 Å². The predicted molar refractivity (Wildman–Crippen MR) is 83.9 cm³/mol. The molecule has 22 heavy (non-hydrogen) atoms. The summed E-state index contributed by atoms with van der Waals surface area (Å²) < 4.78 is 1.80. The van der Waals surface area contributed by atoms with Crippen molar-refractivity contribution in [2.75, 3.05) is 10.6 Å². The molecule has 1 aliphatic carbocycles. The van der Waals surface area contributed by atoms with Gasteiger partial charge in [-0.3, -0.25) is 14.3 Å². The van der Waals surface area contributed by atoms with E-state index in [0.29, 0.717) is 17.1 Å². The molecule has 2 amide bonds. The van der Waals surface area contributed by atoms with Crippen molar-refractivity contribution in [1.82, 2.24) is 9.78 Å². The van der Waals surface area contributed by atoms with Crippen LogP contribution in [0.4, 0.5) is 11.4 Å². The van der Waals surface area contributed by atoms with E-state index in [2.05, 4.69) is 15.7 Å². The van der Waals surface area contributed by atoms with Gasteiger partial charge in [0.2, 0.25) is 5.91 Å². The highest BCUT2D eigenvalue weighted by molar-refractivity contribution is 6.04. The summed E-state index contributed by atoms with van der Waals surface area (Å²) >= 11 is 0. The van der Waals surface area contributed by atoms with Crippen LogP contribution >= 0.6 is 0 Å². The molecule has 6 heteroatoms. The quantitative estimate of drug-likeness (QED) is 0.911. The highest BCUT2D eigenvalue weighted by Crippen LogP contribution is 2.25. The summed E-state index contributed by atoms with van der Waals surface area (Å²) in [5.41, 5.74) is 3.99. The molecule has 0 saturated carbocycles. The number of rotatable bonds is 3. The number of nitrogens with one attached hydrogen (secondary N) is 2. The van der Waals surface area contributed by atoms with Crippen LogP contribution in [-0.2, 0) is 24.7 Å². The van der Waals surface area contributed by atoms with Gasteiger partial charge in [-0.1, -0.05) is 6.07 Å². The first-order valence-corrected chi connectivity index (χ1v) is 7.28. The van der Waals surface area contributed by atoms with Crippen molar-refractivity contribution in [3.63, 3.8) is 0 Å². The second-order valence-corrected chi connectivity index (χ2v) is 5.47. The number of anilines is 2. The molecule has 3 rings (SSSR count). The number of hydrogen-bond acceptors (Lipinski definition) is 3. The molecule has 1 aromatic carbocycles. The van der Waals surface area contributed by atoms with Crippen molar-refractivity contribution in [1.29, 1.82) is 0 Å². The van der Waals surface area contributed by atoms with Crippen LogP contribution < -0.4 is 10.6 Å². The molecule has 0 fully saturated rings. The standard InChI is InChI=1S/C16H18N4O2/c1-10(21)17-11-5-3-6-12(9-11)18-16(22)15-13-7-4-8-14(13)20(2)19-15/h3,5-6,9H,4,7-8H2,1-2H3,(H,17,21)(H,18,22). The Morgan fingerprint density at radius 2 is 1.91 bits per heavy atom. The molecule has 0 spiro atoms. The zero-order valence-corrected chi connectivity index (χ0v) is 12.6. The lowest BCUT2D eigenvalue weighted by atomic mass is 10.2. The fourth-order valence-electron chi connectivity index (χ4n) is 2.86. The fourth-order valence-corrected chi connectivity index (χ4v) is 2.86. The number of hydrogen-bond donors (Lipinski definition) is 2. The zero-order chi connectivity index (χ0) is 15.7. The number of carbonyl (C=O) groups is 2. The minimum Gasteiger partial charge on any atom is -0.326 e. The van der Waals surface area contributed by atoms with Crippen LogP contribution in [0.1, 0.15) is 35.1 Å². The Morgan fingerprint density at radius 3 is 2.64 bits per heavy atom. The number of nitrogens with zero attached hydrogens (tertiary/aromatic N) is 2. The third-order valence-corrected chi connectivity index (χ3v) is 3.77. The highest BCUT2D eigenvalue weighted by Gasteiger charge is 2.25.